The molecule has 0 aliphatic heterocycles. The minimum atomic E-state index is -3.82. The number of aromatic nitrogens is 2. The number of aryl methyl sites for hydroxylation is 1. The fraction of sp³-hybridized carbons (Fsp3) is 0.393. The van der Waals surface area contributed by atoms with Crippen molar-refractivity contribution in [1.29, 1.82) is 0 Å². The topological polar surface area (TPSA) is 101 Å². The van der Waals surface area contributed by atoms with Gasteiger partial charge in [-0.25, -0.2) is 23.1 Å². The number of rotatable bonds is 6. The van der Waals surface area contributed by atoms with Crippen LogP contribution >= 0.6 is 0 Å². The number of nitrogens with one attached hydrogen (secondary N) is 2. The number of hydrogen-bond acceptors (Lipinski definition) is 5. The zero-order valence-electron chi connectivity index (χ0n) is 20.3. The van der Waals surface area contributed by atoms with Gasteiger partial charge in [0.05, 0.1) is 10.3 Å². The zero-order valence-corrected chi connectivity index (χ0v) is 21.1. The van der Waals surface area contributed by atoms with Crippen LogP contribution in [0.2, 0.25) is 0 Å². The highest BCUT2D eigenvalue weighted by Gasteiger charge is 2.60. The van der Waals surface area contributed by atoms with Gasteiger partial charge in [0.2, 0.25) is 11.9 Å². The van der Waals surface area contributed by atoms with E-state index in [1.54, 1.807) is 18.2 Å². The highest BCUT2D eigenvalue weighted by Crippen LogP contribution is 2.66. The van der Waals surface area contributed by atoms with Gasteiger partial charge in [0.1, 0.15) is 0 Å². The van der Waals surface area contributed by atoms with Crippen LogP contribution in [0.4, 0.5) is 11.6 Å². The Kier molecular flexibility index (Phi) is 5.41. The molecule has 4 aliphatic carbocycles. The molecule has 3 aromatic rings. The Bertz CT molecular complexity index is 1370. The van der Waals surface area contributed by atoms with Crippen molar-refractivity contribution in [3.8, 4) is 0 Å². The van der Waals surface area contributed by atoms with E-state index in [2.05, 4.69) is 51.2 Å². The van der Waals surface area contributed by atoms with Crippen molar-refractivity contribution in [3.05, 3.63) is 78.1 Å². The number of benzene rings is 2. The lowest BCUT2D eigenvalue weighted by molar-refractivity contribution is -0.143. The predicted molar refractivity (Wildman–Crippen MR) is 138 cm³/mol. The van der Waals surface area contributed by atoms with Crippen molar-refractivity contribution >= 4 is 27.6 Å². The van der Waals surface area contributed by atoms with E-state index >= 15 is 0 Å². The Hall–Kier alpha value is -3.26. The van der Waals surface area contributed by atoms with Crippen LogP contribution < -0.4 is 10.0 Å². The third-order valence-corrected chi connectivity index (χ3v) is 9.76. The molecule has 1 amide bonds. The SMILES string of the molecule is Cc1ccc(C23C[C@@H]4C[C@@H](CC(C(=O)Nc5ccc(S(=O)(=O)Nc6ncccn6)cc5)(C4)C2)C3)cc1. The molecule has 1 aromatic heterocycles. The number of sulfonamides is 1. The molecule has 4 fully saturated rings. The first kappa shape index (κ1) is 23.2. The summed E-state index contributed by atoms with van der Waals surface area (Å²) in [6.07, 6.45) is 9.28. The summed E-state index contributed by atoms with van der Waals surface area (Å²) in [5.41, 5.74) is 2.95. The molecule has 2 unspecified atom stereocenters. The lowest BCUT2D eigenvalue weighted by Gasteiger charge is -2.61. The van der Waals surface area contributed by atoms with Gasteiger partial charge < -0.3 is 5.32 Å². The number of hydrogen-bond donors (Lipinski definition) is 2. The maximum absolute atomic E-state index is 13.8. The first-order valence-corrected chi connectivity index (χ1v) is 14.0. The van der Waals surface area contributed by atoms with Crippen LogP contribution in [0.25, 0.3) is 0 Å². The molecule has 36 heavy (non-hydrogen) atoms. The molecule has 4 saturated carbocycles. The summed E-state index contributed by atoms with van der Waals surface area (Å²) in [6, 6.07) is 16.8. The van der Waals surface area contributed by atoms with Crippen LogP contribution in [0.1, 0.15) is 49.7 Å². The highest BCUT2D eigenvalue weighted by atomic mass is 32.2. The summed E-state index contributed by atoms with van der Waals surface area (Å²) in [5, 5.41) is 3.13. The predicted octanol–water partition coefficient (Wildman–Crippen LogP) is 5.06. The van der Waals surface area contributed by atoms with Crippen molar-refractivity contribution in [2.75, 3.05) is 10.0 Å². The van der Waals surface area contributed by atoms with E-state index in [0.29, 0.717) is 17.5 Å². The number of carbonyl (C=O) groups excluding carboxylic acids is 1. The molecule has 186 valence electrons. The monoisotopic (exact) mass is 502 g/mol. The third-order valence-electron chi connectivity index (χ3n) is 8.42. The lowest BCUT2D eigenvalue weighted by atomic mass is 9.42. The van der Waals surface area contributed by atoms with Gasteiger partial charge in [-0.1, -0.05) is 29.8 Å². The molecule has 1 heterocycles. The number of nitrogens with zero attached hydrogens (tertiary/aromatic N) is 2. The highest BCUT2D eigenvalue weighted by molar-refractivity contribution is 7.92. The van der Waals surface area contributed by atoms with Crippen LogP contribution in [-0.2, 0) is 20.2 Å². The normalized spacial score (nSPS) is 28.6. The average molecular weight is 503 g/mol. The molecule has 7 rings (SSSR count). The van der Waals surface area contributed by atoms with Crippen molar-refractivity contribution in [3.63, 3.8) is 0 Å². The van der Waals surface area contributed by atoms with E-state index in [0.717, 1.165) is 19.3 Å². The van der Waals surface area contributed by atoms with Gasteiger partial charge in [-0.2, -0.15) is 0 Å². The fourth-order valence-corrected chi connectivity index (χ4v) is 8.24. The van der Waals surface area contributed by atoms with Crippen LogP contribution in [-0.4, -0.2) is 24.3 Å². The van der Waals surface area contributed by atoms with Crippen LogP contribution in [0, 0.1) is 24.2 Å². The molecule has 7 nitrogen and oxygen atoms in total. The minimum absolute atomic E-state index is 0.0131. The maximum atomic E-state index is 13.8. The van der Waals surface area contributed by atoms with Gasteiger partial charge in [0.15, 0.2) is 0 Å². The average Bonchev–Trinajstić information content (AvgIpc) is 2.84. The van der Waals surface area contributed by atoms with Crippen molar-refractivity contribution in [1.82, 2.24) is 9.97 Å². The van der Waals surface area contributed by atoms with E-state index in [-0.39, 0.29) is 27.6 Å². The Balaban J connectivity index is 1.21. The molecule has 0 spiro atoms. The first-order valence-electron chi connectivity index (χ1n) is 12.5. The summed E-state index contributed by atoms with van der Waals surface area (Å²) >= 11 is 0. The van der Waals surface area contributed by atoms with Crippen LogP contribution in [0.15, 0.2) is 71.9 Å². The molecule has 4 atom stereocenters. The van der Waals surface area contributed by atoms with E-state index in [4.69, 9.17) is 0 Å². The molecule has 4 bridgehead atoms. The third kappa shape index (κ3) is 4.07. The van der Waals surface area contributed by atoms with Crippen molar-refractivity contribution < 1.29 is 13.2 Å². The summed E-state index contributed by atoms with van der Waals surface area (Å²) in [6.45, 7) is 2.11. The van der Waals surface area contributed by atoms with E-state index < -0.39 is 10.0 Å². The second-order valence-electron chi connectivity index (χ2n) is 11.0. The Labute approximate surface area is 211 Å². The number of anilines is 2. The van der Waals surface area contributed by atoms with Crippen molar-refractivity contribution in [2.24, 2.45) is 17.3 Å². The smallest absolute Gasteiger partial charge is 0.264 e. The fourth-order valence-electron chi connectivity index (χ4n) is 7.29. The molecule has 0 saturated heterocycles. The zero-order chi connectivity index (χ0) is 25.0. The van der Waals surface area contributed by atoms with Gasteiger partial charge in [-0.15, -0.1) is 0 Å². The van der Waals surface area contributed by atoms with Gasteiger partial charge in [0, 0.05) is 18.1 Å². The van der Waals surface area contributed by atoms with Gasteiger partial charge in [-0.05, 0) is 98.6 Å². The van der Waals surface area contributed by atoms with Gasteiger partial charge in [0.25, 0.3) is 10.0 Å². The molecule has 4 aliphatic rings. The molecular weight excluding hydrogens is 472 g/mol. The largest absolute Gasteiger partial charge is 0.326 e. The minimum Gasteiger partial charge on any atom is -0.326 e. The Morgan fingerprint density at radius 1 is 0.917 bits per heavy atom. The molecule has 8 heteroatoms. The summed E-state index contributed by atoms with van der Waals surface area (Å²) in [5.74, 6) is 1.24. The first-order chi connectivity index (χ1) is 17.3. The molecular formula is C28H30N4O3S. The summed E-state index contributed by atoms with van der Waals surface area (Å²) < 4.78 is 27.7. The standard InChI is InChI=1S/C28H30N4O3S/c1-19-3-5-22(6-4-19)27-14-20-13-21(15-27)17-28(16-20,18-27)25(33)31-23-7-9-24(10-8-23)36(34,35)32-26-29-11-2-12-30-26/h2-12,20-21H,13-18H2,1H3,(H,31,33)(H,29,30,32)/t20-,21+,27?,28?. The van der Waals surface area contributed by atoms with Crippen LogP contribution in [0.5, 0.6) is 0 Å². The Morgan fingerprint density at radius 3 is 2.19 bits per heavy atom. The van der Waals surface area contributed by atoms with Gasteiger partial charge in [-0.3, -0.25) is 4.79 Å². The number of amides is 1. The van der Waals surface area contributed by atoms with E-state index in [1.807, 2.05) is 0 Å². The summed E-state index contributed by atoms with van der Waals surface area (Å²) in [7, 11) is -3.82. The molecule has 2 aromatic carbocycles. The molecule has 2 N–H and O–H groups in total. The van der Waals surface area contributed by atoms with E-state index in [1.165, 1.54) is 54.9 Å². The van der Waals surface area contributed by atoms with Crippen LogP contribution in [0.3, 0.4) is 0 Å². The quantitative estimate of drug-likeness (QED) is 0.491. The lowest BCUT2D eigenvalue weighted by Crippen LogP contribution is -2.57. The number of carbonyl (C=O) groups is 1. The van der Waals surface area contributed by atoms with Gasteiger partial charge >= 0.3 is 0 Å². The molecule has 0 radical (unpaired) electrons. The second kappa shape index (κ2) is 8.40. The Morgan fingerprint density at radius 2 is 1.56 bits per heavy atom. The second-order valence-corrected chi connectivity index (χ2v) is 12.7. The van der Waals surface area contributed by atoms with Crippen molar-refractivity contribution in [2.45, 2.75) is 55.8 Å². The summed E-state index contributed by atoms with van der Waals surface area (Å²) in [4.78, 5) is 21.7. The van der Waals surface area contributed by atoms with E-state index in [9.17, 15) is 13.2 Å². The maximum Gasteiger partial charge on any atom is 0.264 e.